The minimum atomic E-state index is 0.0236. The standard InChI is InChI=1S/C17H20BrN/c1-11-4-5-16(18)15(9-11)17(19)10-14-7-12(2)6-13(3)8-14/h4-9,17H,10,19H2,1-3H3. The first-order chi connectivity index (χ1) is 8.95. The normalized spacial score (nSPS) is 12.5. The van der Waals surface area contributed by atoms with Gasteiger partial charge in [0.05, 0.1) is 0 Å². The summed E-state index contributed by atoms with van der Waals surface area (Å²) in [5, 5.41) is 0. The molecule has 0 saturated carbocycles. The summed E-state index contributed by atoms with van der Waals surface area (Å²) in [4.78, 5) is 0. The van der Waals surface area contributed by atoms with Crippen molar-refractivity contribution in [1.82, 2.24) is 0 Å². The van der Waals surface area contributed by atoms with Gasteiger partial charge in [-0.15, -0.1) is 0 Å². The molecule has 2 N–H and O–H groups in total. The van der Waals surface area contributed by atoms with Crippen molar-refractivity contribution in [2.45, 2.75) is 33.2 Å². The van der Waals surface area contributed by atoms with Crippen LogP contribution in [0.25, 0.3) is 0 Å². The third-order valence-corrected chi connectivity index (χ3v) is 4.01. The number of aryl methyl sites for hydroxylation is 3. The zero-order valence-corrected chi connectivity index (χ0v) is 13.3. The van der Waals surface area contributed by atoms with E-state index in [2.05, 4.69) is 73.1 Å². The number of halogens is 1. The molecule has 0 aliphatic heterocycles. The van der Waals surface area contributed by atoms with E-state index in [4.69, 9.17) is 5.73 Å². The summed E-state index contributed by atoms with van der Waals surface area (Å²) in [5.41, 5.74) is 12.7. The van der Waals surface area contributed by atoms with Crippen molar-refractivity contribution in [2.75, 3.05) is 0 Å². The molecule has 0 aliphatic carbocycles. The van der Waals surface area contributed by atoms with E-state index in [0.29, 0.717) is 0 Å². The largest absolute Gasteiger partial charge is 0.324 e. The summed E-state index contributed by atoms with van der Waals surface area (Å²) < 4.78 is 1.09. The second kappa shape index (κ2) is 5.89. The summed E-state index contributed by atoms with van der Waals surface area (Å²) in [7, 11) is 0. The lowest BCUT2D eigenvalue weighted by Gasteiger charge is -2.15. The second-order valence-corrected chi connectivity index (χ2v) is 6.19. The summed E-state index contributed by atoms with van der Waals surface area (Å²) >= 11 is 3.59. The van der Waals surface area contributed by atoms with Gasteiger partial charge in [0.2, 0.25) is 0 Å². The molecule has 1 unspecified atom stereocenters. The Morgan fingerprint density at radius 2 is 1.58 bits per heavy atom. The van der Waals surface area contributed by atoms with Crippen molar-refractivity contribution in [3.63, 3.8) is 0 Å². The van der Waals surface area contributed by atoms with E-state index in [9.17, 15) is 0 Å². The maximum Gasteiger partial charge on any atom is 0.0347 e. The van der Waals surface area contributed by atoms with Crippen LogP contribution >= 0.6 is 15.9 Å². The molecule has 2 heteroatoms. The molecular formula is C17H20BrN. The Balaban J connectivity index is 2.25. The molecule has 2 rings (SSSR count). The van der Waals surface area contributed by atoms with Gasteiger partial charge in [0.15, 0.2) is 0 Å². The van der Waals surface area contributed by atoms with Crippen molar-refractivity contribution in [3.05, 3.63) is 68.7 Å². The molecule has 1 nitrogen and oxygen atoms in total. The molecule has 0 amide bonds. The molecule has 0 fully saturated rings. The van der Waals surface area contributed by atoms with Crippen LogP contribution in [0.4, 0.5) is 0 Å². The molecule has 0 saturated heterocycles. The van der Waals surface area contributed by atoms with Gasteiger partial charge in [-0.2, -0.15) is 0 Å². The average Bonchev–Trinajstić information content (AvgIpc) is 2.30. The highest BCUT2D eigenvalue weighted by Crippen LogP contribution is 2.26. The van der Waals surface area contributed by atoms with Crippen LogP contribution in [0.5, 0.6) is 0 Å². The molecule has 2 aromatic carbocycles. The minimum Gasteiger partial charge on any atom is -0.324 e. The SMILES string of the molecule is Cc1cc(C)cc(CC(N)c2cc(C)ccc2Br)c1. The third-order valence-electron chi connectivity index (χ3n) is 3.29. The lowest BCUT2D eigenvalue weighted by Crippen LogP contribution is -2.14. The molecule has 0 radical (unpaired) electrons. The van der Waals surface area contributed by atoms with E-state index in [1.54, 1.807) is 0 Å². The van der Waals surface area contributed by atoms with Crippen LogP contribution < -0.4 is 5.73 Å². The number of hydrogen-bond acceptors (Lipinski definition) is 1. The monoisotopic (exact) mass is 317 g/mol. The molecule has 0 aliphatic rings. The molecule has 0 bridgehead atoms. The number of rotatable bonds is 3. The fourth-order valence-corrected chi connectivity index (χ4v) is 3.04. The van der Waals surface area contributed by atoms with E-state index < -0.39 is 0 Å². The Kier molecular flexibility index (Phi) is 4.43. The highest BCUT2D eigenvalue weighted by molar-refractivity contribution is 9.10. The predicted octanol–water partition coefficient (Wildman–Crippen LogP) is 4.62. The van der Waals surface area contributed by atoms with Gasteiger partial charge >= 0.3 is 0 Å². The van der Waals surface area contributed by atoms with E-state index in [-0.39, 0.29) is 6.04 Å². The van der Waals surface area contributed by atoms with Gasteiger partial charge in [-0.05, 0) is 44.4 Å². The molecule has 100 valence electrons. The van der Waals surface area contributed by atoms with Crippen molar-refractivity contribution >= 4 is 15.9 Å². The highest BCUT2D eigenvalue weighted by atomic mass is 79.9. The van der Waals surface area contributed by atoms with Gasteiger partial charge < -0.3 is 5.73 Å². The van der Waals surface area contributed by atoms with Gasteiger partial charge in [-0.1, -0.05) is 63.0 Å². The number of hydrogen-bond donors (Lipinski definition) is 1. The van der Waals surface area contributed by atoms with Crippen LogP contribution in [0.15, 0.2) is 40.9 Å². The van der Waals surface area contributed by atoms with E-state index in [0.717, 1.165) is 10.9 Å². The summed E-state index contributed by atoms with van der Waals surface area (Å²) in [6, 6.07) is 13.0. The lowest BCUT2D eigenvalue weighted by molar-refractivity contribution is 0.717. The predicted molar refractivity (Wildman–Crippen MR) is 85.4 cm³/mol. The first kappa shape index (κ1) is 14.3. The molecule has 1 atom stereocenters. The van der Waals surface area contributed by atoms with Crippen LogP contribution in [-0.4, -0.2) is 0 Å². The maximum atomic E-state index is 6.37. The van der Waals surface area contributed by atoms with E-state index in [1.165, 1.54) is 27.8 Å². The van der Waals surface area contributed by atoms with Gasteiger partial charge in [0.1, 0.15) is 0 Å². The van der Waals surface area contributed by atoms with Gasteiger partial charge in [-0.25, -0.2) is 0 Å². The van der Waals surface area contributed by atoms with Crippen LogP contribution in [0, 0.1) is 20.8 Å². The summed E-state index contributed by atoms with van der Waals surface area (Å²) in [6.45, 7) is 6.36. The zero-order valence-electron chi connectivity index (χ0n) is 11.7. The summed E-state index contributed by atoms with van der Waals surface area (Å²) in [6.07, 6.45) is 0.866. The molecule has 19 heavy (non-hydrogen) atoms. The quantitative estimate of drug-likeness (QED) is 0.878. The molecule has 0 aromatic heterocycles. The van der Waals surface area contributed by atoms with Gasteiger partial charge in [0.25, 0.3) is 0 Å². The van der Waals surface area contributed by atoms with Crippen molar-refractivity contribution in [2.24, 2.45) is 5.73 Å². The first-order valence-electron chi connectivity index (χ1n) is 6.54. The number of benzene rings is 2. The van der Waals surface area contributed by atoms with Crippen LogP contribution in [0.3, 0.4) is 0 Å². The molecule has 0 spiro atoms. The van der Waals surface area contributed by atoms with Crippen LogP contribution in [0.1, 0.15) is 33.9 Å². The Hall–Kier alpha value is -1.12. The summed E-state index contributed by atoms with van der Waals surface area (Å²) in [5.74, 6) is 0. The minimum absolute atomic E-state index is 0.0236. The van der Waals surface area contributed by atoms with Crippen LogP contribution in [0.2, 0.25) is 0 Å². The Morgan fingerprint density at radius 3 is 2.21 bits per heavy atom. The van der Waals surface area contributed by atoms with Crippen LogP contribution in [-0.2, 0) is 6.42 Å². The molecule has 0 heterocycles. The Bertz CT molecular complexity index is 570. The van der Waals surface area contributed by atoms with Crippen molar-refractivity contribution in [3.8, 4) is 0 Å². The lowest BCUT2D eigenvalue weighted by atomic mass is 9.96. The van der Waals surface area contributed by atoms with E-state index >= 15 is 0 Å². The van der Waals surface area contributed by atoms with Crippen molar-refractivity contribution in [1.29, 1.82) is 0 Å². The number of nitrogens with two attached hydrogens (primary N) is 1. The fraction of sp³-hybridized carbons (Fsp3) is 0.294. The third kappa shape index (κ3) is 3.68. The molecule has 2 aromatic rings. The second-order valence-electron chi connectivity index (χ2n) is 5.33. The molecular weight excluding hydrogens is 298 g/mol. The first-order valence-corrected chi connectivity index (χ1v) is 7.34. The highest BCUT2D eigenvalue weighted by Gasteiger charge is 2.11. The zero-order chi connectivity index (χ0) is 14.0. The smallest absolute Gasteiger partial charge is 0.0347 e. The fourth-order valence-electron chi connectivity index (χ4n) is 2.50. The maximum absolute atomic E-state index is 6.37. The van der Waals surface area contributed by atoms with E-state index in [1.807, 2.05) is 0 Å². The Labute approximate surface area is 124 Å². The van der Waals surface area contributed by atoms with Gasteiger partial charge in [0, 0.05) is 10.5 Å². The Morgan fingerprint density at radius 1 is 0.947 bits per heavy atom. The van der Waals surface area contributed by atoms with Gasteiger partial charge in [-0.3, -0.25) is 0 Å². The topological polar surface area (TPSA) is 26.0 Å². The van der Waals surface area contributed by atoms with Crippen molar-refractivity contribution < 1.29 is 0 Å². The average molecular weight is 318 g/mol.